The highest BCUT2D eigenvalue weighted by Gasteiger charge is 2.22. The Kier molecular flexibility index (Phi) is 6.09. The maximum absolute atomic E-state index is 12.3. The van der Waals surface area contributed by atoms with Crippen LogP contribution in [0.5, 0.6) is 5.75 Å². The summed E-state index contributed by atoms with van der Waals surface area (Å²) in [5.74, 6) is -0.795. The topological polar surface area (TPSA) is 67.4 Å². The number of amides is 2. The molecule has 0 saturated heterocycles. The van der Waals surface area contributed by atoms with Crippen LogP contribution in [0.3, 0.4) is 0 Å². The van der Waals surface area contributed by atoms with Crippen LogP contribution < -0.4 is 15.4 Å². The Balaban J connectivity index is 1.91. The lowest BCUT2D eigenvalue weighted by Gasteiger charge is -2.08. The van der Waals surface area contributed by atoms with Gasteiger partial charge in [0, 0.05) is 22.2 Å². The van der Waals surface area contributed by atoms with Gasteiger partial charge in [0.1, 0.15) is 5.75 Å². The van der Waals surface area contributed by atoms with E-state index in [0.717, 1.165) is 18.9 Å². The Labute approximate surface area is 140 Å². The summed E-state index contributed by atoms with van der Waals surface area (Å²) in [6, 6.07) is 4.70. The molecular formula is C15H15BrF2N2O3. The van der Waals surface area contributed by atoms with Crippen molar-refractivity contribution in [2.45, 2.75) is 25.5 Å². The third kappa shape index (κ3) is 6.35. The molecule has 1 aromatic carbocycles. The summed E-state index contributed by atoms with van der Waals surface area (Å²) in [6.45, 7) is -3.08. The van der Waals surface area contributed by atoms with E-state index in [9.17, 15) is 18.4 Å². The Morgan fingerprint density at radius 1 is 1.39 bits per heavy atom. The third-order valence-electron chi connectivity index (χ3n) is 2.97. The van der Waals surface area contributed by atoms with Gasteiger partial charge in [-0.25, -0.2) is 0 Å². The fourth-order valence-electron chi connectivity index (χ4n) is 1.75. The van der Waals surface area contributed by atoms with E-state index in [0.29, 0.717) is 10.0 Å². The van der Waals surface area contributed by atoms with E-state index in [1.165, 1.54) is 12.1 Å². The summed E-state index contributed by atoms with van der Waals surface area (Å²) < 4.78 is 29.7. The standard InChI is InChI=1S/C15H15BrF2N2O3/c16-10-2-5-12(23-15(17)18)9(7-10)1-6-13(21)19-8-14(22)20-11-3-4-11/h1-2,5-7,11,15H,3-4,8H2,(H,19,21)(H,20,22)/b6-1+. The zero-order chi connectivity index (χ0) is 16.8. The first kappa shape index (κ1) is 17.4. The molecule has 0 unspecified atom stereocenters. The summed E-state index contributed by atoms with van der Waals surface area (Å²) in [5.41, 5.74) is 0.317. The largest absolute Gasteiger partial charge is 0.434 e. The lowest BCUT2D eigenvalue weighted by molar-refractivity contribution is -0.124. The summed E-state index contributed by atoms with van der Waals surface area (Å²) in [5, 5.41) is 5.16. The molecule has 0 spiro atoms. The highest BCUT2D eigenvalue weighted by Crippen LogP contribution is 2.25. The van der Waals surface area contributed by atoms with Crippen LogP contribution in [0.4, 0.5) is 8.78 Å². The highest BCUT2D eigenvalue weighted by molar-refractivity contribution is 9.10. The number of carbonyl (C=O) groups is 2. The second-order valence-electron chi connectivity index (χ2n) is 4.95. The molecule has 2 N–H and O–H groups in total. The summed E-state index contributed by atoms with van der Waals surface area (Å²) in [4.78, 5) is 23.1. The molecule has 0 atom stereocenters. The number of rotatable bonds is 7. The van der Waals surface area contributed by atoms with Crippen LogP contribution in [0.25, 0.3) is 6.08 Å². The van der Waals surface area contributed by atoms with Gasteiger partial charge in [0.2, 0.25) is 11.8 Å². The smallest absolute Gasteiger partial charge is 0.387 e. The van der Waals surface area contributed by atoms with Crippen LogP contribution in [0.1, 0.15) is 18.4 Å². The molecule has 0 aromatic heterocycles. The Morgan fingerprint density at radius 3 is 2.78 bits per heavy atom. The SMILES string of the molecule is O=C(/C=C/c1cc(Br)ccc1OC(F)F)NCC(=O)NC1CC1. The van der Waals surface area contributed by atoms with E-state index in [4.69, 9.17) is 0 Å². The van der Waals surface area contributed by atoms with Crippen molar-refractivity contribution in [3.63, 3.8) is 0 Å². The van der Waals surface area contributed by atoms with Crippen molar-refractivity contribution >= 4 is 33.8 Å². The zero-order valence-corrected chi connectivity index (χ0v) is 13.6. The lowest BCUT2D eigenvalue weighted by Crippen LogP contribution is -2.37. The van der Waals surface area contributed by atoms with Crippen LogP contribution >= 0.6 is 15.9 Å². The molecule has 0 heterocycles. The van der Waals surface area contributed by atoms with E-state index in [-0.39, 0.29) is 24.2 Å². The maximum Gasteiger partial charge on any atom is 0.387 e. The number of ether oxygens (including phenoxy) is 1. The highest BCUT2D eigenvalue weighted by atomic mass is 79.9. The molecular weight excluding hydrogens is 374 g/mol. The minimum atomic E-state index is -2.96. The van der Waals surface area contributed by atoms with Gasteiger partial charge < -0.3 is 15.4 Å². The van der Waals surface area contributed by atoms with Crippen molar-refractivity contribution in [1.29, 1.82) is 0 Å². The van der Waals surface area contributed by atoms with Crippen LogP contribution in [0, 0.1) is 0 Å². The number of benzene rings is 1. The molecule has 8 heteroatoms. The van der Waals surface area contributed by atoms with E-state index < -0.39 is 12.5 Å². The second-order valence-corrected chi connectivity index (χ2v) is 5.87. The molecule has 2 amide bonds. The van der Waals surface area contributed by atoms with Crippen molar-refractivity contribution in [2.24, 2.45) is 0 Å². The van der Waals surface area contributed by atoms with Gasteiger partial charge in [-0.1, -0.05) is 15.9 Å². The van der Waals surface area contributed by atoms with Crippen molar-refractivity contribution in [2.75, 3.05) is 6.54 Å². The predicted octanol–water partition coefficient (Wildman–Crippen LogP) is 2.46. The normalized spacial score (nSPS) is 14.1. The zero-order valence-electron chi connectivity index (χ0n) is 12.0. The van der Waals surface area contributed by atoms with E-state index in [2.05, 4.69) is 31.3 Å². The lowest BCUT2D eigenvalue weighted by atomic mass is 10.2. The minimum Gasteiger partial charge on any atom is -0.434 e. The van der Waals surface area contributed by atoms with Crippen LogP contribution in [-0.2, 0) is 9.59 Å². The first-order valence-electron chi connectivity index (χ1n) is 6.93. The van der Waals surface area contributed by atoms with E-state index in [1.807, 2.05) is 0 Å². The number of hydrogen-bond acceptors (Lipinski definition) is 3. The van der Waals surface area contributed by atoms with Crippen molar-refractivity contribution in [1.82, 2.24) is 10.6 Å². The fraction of sp³-hybridized carbons (Fsp3) is 0.333. The number of carbonyl (C=O) groups excluding carboxylic acids is 2. The molecule has 1 saturated carbocycles. The van der Waals surface area contributed by atoms with Gasteiger partial charge in [-0.05, 0) is 37.1 Å². The van der Waals surface area contributed by atoms with E-state index in [1.54, 1.807) is 12.1 Å². The Morgan fingerprint density at radius 2 is 2.13 bits per heavy atom. The van der Waals surface area contributed by atoms with Crippen LogP contribution in [0.15, 0.2) is 28.7 Å². The van der Waals surface area contributed by atoms with Crippen molar-refractivity contribution in [3.05, 3.63) is 34.3 Å². The minimum absolute atomic E-state index is 0.0428. The molecule has 0 aliphatic heterocycles. The summed E-state index contributed by atoms with van der Waals surface area (Å²) in [6.07, 6.45) is 4.44. The molecule has 1 aliphatic rings. The monoisotopic (exact) mass is 388 g/mol. The molecule has 1 fully saturated rings. The fourth-order valence-corrected chi connectivity index (χ4v) is 2.13. The van der Waals surface area contributed by atoms with Crippen molar-refractivity contribution < 1.29 is 23.1 Å². The third-order valence-corrected chi connectivity index (χ3v) is 3.46. The Hall–Kier alpha value is -1.96. The van der Waals surface area contributed by atoms with Gasteiger partial charge >= 0.3 is 6.61 Å². The van der Waals surface area contributed by atoms with Crippen LogP contribution in [0.2, 0.25) is 0 Å². The van der Waals surface area contributed by atoms with Gasteiger partial charge in [0.05, 0.1) is 6.54 Å². The predicted molar refractivity (Wildman–Crippen MR) is 84.0 cm³/mol. The molecule has 124 valence electrons. The van der Waals surface area contributed by atoms with Gasteiger partial charge in [-0.15, -0.1) is 0 Å². The molecule has 23 heavy (non-hydrogen) atoms. The maximum atomic E-state index is 12.3. The first-order chi connectivity index (χ1) is 10.9. The summed E-state index contributed by atoms with van der Waals surface area (Å²) >= 11 is 3.22. The molecule has 1 aromatic rings. The average Bonchev–Trinajstić information content (AvgIpc) is 3.28. The first-order valence-corrected chi connectivity index (χ1v) is 7.73. The number of alkyl halides is 2. The molecule has 0 radical (unpaired) electrons. The average molecular weight is 389 g/mol. The van der Waals surface area contributed by atoms with Crippen molar-refractivity contribution in [3.8, 4) is 5.75 Å². The molecule has 5 nitrogen and oxygen atoms in total. The van der Waals surface area contributed by atoms with Gasteiger partial charge in [0.25, 0.3) is 0 Å². The van der Waals surface area contributed by atoms with Gasteiger partial charge in [0.15, 0.2) is 0 Å². The molecule has 2 rings (SSSR count). The number of nitrogens with one attached hydrogen (secondary N) is 2. The molecule has 0 bridgehead atoms. The second kappa shape index (κ2) is 8.05. The van der Waals surface area contributed by atoms with Gasteiger partial charge in [-0.2, -0.15) is 8.78 Å². The van der Waals surface area contributed by atoms with Gasteiger partial charge in [-0.3, -0.25) is 9.59 Å². The number of hydrogen-bond donors (Lipinski definition) is 2. The van der Waals surface area contributed by atoms with Crippen LogP contribution in [-0.4, -0.2) is 31.0 Å². The Bertz CT molecular complexity index is 619. The van der Waals surface area contributed by atoms with E-state index >= 15 is 0 Å². The quantitative estimate of drug-likeness (QED) is 0.705. The molecule has 1 aliphatic carbocycles. The number of halogens is 3. The summed E-state index contributed by atoms with van der Waals surface area (Å²) in [7, 11) is 0.